The van der Waals surface area contributed by atoms with Crippen molar-refractivity contribution >= 4 is 10.2 Å². The first-order chi connectivity index (χ1) is 1.00. The monoisotopic (exact) mass is 843 g/mol. The minimum Gasteiger partial charge on any atom is -0.0759 e. The first-order valence-electron chi connectivity index (χ1n) is 0.500. The molecule has 0 spiro atoms. The molecule has 0 nitrogen and oxygen atoms in total. The van der Waals surface area contributed by atoms with Gasteiger partial charge in [-0.2, -0.15) is 0 Å². The van der Waals surface area contributed by atoms with Crippen LogP contribution in [-0.2, 0) is 294 Å². The number of rotatable bonds is 0. The van der Waals surface area contributed by atoms with E-state index in [2.05, 4.69) is 10.2 Å². The van der Waals surface area contributed by atoms with Crippen molar-refractivity contribution < 1.29 is 294 Å². The molecule has 11 heavy (non-hydrogen) atoms. The van der Waals surface area contributed by atoms with E-state index in [0.717, 1.165) is 0 Å². The smallest absolute Gasteiger partial charge is 0.0184 e. The molecule has 0 aliphatic heterocycles. The summed E-state index contributed by atoms with van der Waals surface area (Å²) >= 11 is 0. The summed E-state index contributed by atoms with van der Waals surface area (Å²) in [5.41, 5.74) is 0. The minimum absolute atomic E-state index is 0. The van der Waals surface area contributed by atoms with E-state index in [1.165, 1.54) is 0 Å². The minimum atomic E-state index is 0. The van der Waals surface area contributed by atoms with Crippen LogP contribution in [0.25, 0.3) is 0 Å². The van der Waals surface area contributed by atoms with Gasteiger partial charge in [0.15, 0.2) is 0 Å². The van der Waals surface area contributed by atoms with Crippen molar-refractivity contribution in [2.75, 3.05) is 0 Å². The van der Waals surface area contributed by atoms with Gasteiger partial charge in [-0.05, 0) is 0 Å². The van der Waals surface area contributed by atoms with Crippen molar-refractivity contribution in [1.29, 1.82) is 0 Å². The molecule has 10 heteroatoms. The number of hydrogen-bond donors (Lipinski definition) is 0. The molecule has 0 aromatic heterocycles. The van der Waals surface area contributed by atoms with Crippen LogP contribution < -0.4 is 0 Å². The Kier molecular flexibility index (Phi) is 450. The van der Waals surface area contributed by atoms with E-state index in [4.69, 9.17) is 0 Å². The molecule has 0 aromatic carbocycles. The fourth-order valence-corrected chi connectivity index (χ4v) is 0. The zero-order valence-corrected chi connectivity index (χ0v) is 33.2. The first kappa shape index (κ1) is 69.1. The molecule has 0 unspecified atom stereocenters. The maximum atomic E-state index is 2.97. The molecule has 38 valence electrons. The van der Waals surface area contributed by atoms with Gasteiger partial charge in [-0.15, -0.1) is 0 Å². The van der Waals surface area contributed by atoms with Crippen LogP contribution >= 0.6 is 0 Å². The Morgan fingerprint density at radius 3 is 0.364 bits per heavy atom. The summed E-state index contributed by atoms with van der Waals surface area (Å²) in [4.78, 5) is 0. The topological polar surface area (TPSA) is 0 Å². The van der Waals surface area contributed by atoms with Crippen LogP contribution in [0.3, 0.4) is 0 Å². The van der Waals surface area contributed by atoms with Gasteiger partial charge in [-0.1, -0.05) is 6.55 Å². The molecule has 0 rings (SSSR count). The Labute approximate surface area is 300 Å². The van der Waals surface area contributed by atoms with Gasteiger partial charge >= 0.3 is 0 Å². The average Bonchev–Trinajstić information content (AvgIpc) is 1.00. The van der Waals surface area contributed by atoms with E-state index in [9.17, 15) is 0 Å². The van der Waals surface area contributed by atoms with Gasteiger partial charge in [0.1, 0.15) is 0 Å². The van der Waals surface area contributed by atoms with Crippen LogP contribution in [0, 0.1) is 0 Å². The van der Waals surface area contributed by atoms with E-state index in [-0.39, 0.29) is 294 Å². The SMILES string of the molecule is C[Si].[Y].[Y].[Y].[Y].[Y].[Y].[Y].[Y].[Y]. The van der Waals surface area contributed by atoms with Crippen LogP contribution in [0.1, 0.15) is 0 Å². The van der Waals surface area contributed by atoms with Crippen LogP contribution in [0.2, 0.25) is 6.55 Å². The average molecular weight is 843 g/mol. The van der Waals surface area contributed by atoms with E-state index in [1.807, 2.05) is 0 Å². The molecule has 0 atom stereocenters. The number of hydrogen-bond acceptors (Lipinski definition) is 0. The summed E-state index contributed by atoms with van der Waals surface area (Å²) in [7, 11) is 2.97. The molecule has 0 saturated carbocycles. The van der Waals surface area contributed by atoms with Gasteiger partial charge in [-0.25, -0.2) is 0 Å². The molecule has 0 bridgehead atoms. The second-order valence-corrected chi connectivity index (χ2v) is 0. The van der Waals surface area contributed by atoms with Crippen LogP contribution in [0.5, 0.6) is 0 Å². The summed E-state index contributed by atoms with van der Waals surface area (Å²) in [6.07, 6.45) is 0. The van der Waals surface area contributed by atoms with Crippen LogP contribution in [0.15, 0.2) is 0 Å². The van der Waals surface area contributed by atoms with Gasteiger partial charge < -0.3 is 0 Å². The van der Waals surface area contributed by atoms with E-state index < -0.39 is 0 Å². The van der Waals surface area contributed by atoms with Crippen molar-refractivity contribution in [2.45, 2.75) is 6.55 Å². The normalized spacial score (nSPS) is 0.545. The molecule has 0 saturated heterocycles. The maximum absolute atomic E-state index is 2.97. The second kappa shape index (κ2) is 71.7. The van der Waals surface area contributed by atoms with Crippen molar-refractivity contribution in [1.82, 2.24) is 0 Å². The molecular weight excluding hydrogens is 840 g/mol. The molecule has 0 aliphatic carbocycles. The summed E-state index contributed by atoms with van der Waals surface area (Å²) in [6, 6.07) is 0. The van der Waals surface area contributed by atoms with E-state index in [1.54, 1.807) is 6.55 Å². The Hall–Kier alpha value is 10.2. The predicted octanol–water partition coefficient (Wildman–Crippen LogP) is 0.180. The molecule has 0 heterocycles. The van der Waals surface area contributed by atoms with Crippen LogP contribution in [-0.4, -0.2) is 10.2 Å². The van der Waals surface area contributed by atoms with Gasteiger partial charge in [-0.3, -0.25) is 0 Å². The Morgan fingerprint density at radius 2 is 0.364 bits per heavy atom. The second-order valence-electron chi connectivity index (χ2n) is 0. The predicted molar refractivity (Wildman–Crippen MR) is 11.6 cm³/mol. The first-order valence-corrected chi connectivity index (χ1v) is 1.50. The molecule has 0 amide bonds. The fraction of sp³-hybridized carbons (Fsp3) is 1.00. The third kappa shape index (κ3) is 64.4. The standard InChI is InChI=1S/CH3Si.9Y/c1-2;;;;;;;;;/h1H3;;;;;;;;;. The third-order valence-electron chi connectivity index (χ3n) is 0. The fourth-order valence-electron chi connectivity index (χ4n) is 0. The van der Waals surface area contributed by atoms with Gasteiger partial charge in [0.05, 0.1) is 0 Å². The Balaban J connectivity index is -0.000000000139. The molecule has 0 aliphatic rings. The molecule has 0 fully saturated rings. The van der Waals surface area contributed by atoms with Crippen molar-refractivity contribution in [2.24, 2.45) is 0 Å². The molecule has 0 aromatic rings. The Morgan fingerprint density at radius 1 is 0.364 bits per heavy atom. The van der Waals surface area contributed by atoms with Gasteiger partial charge in [0.2, 0.25) is 0 Å². The summed E-state index contributed by atoms with van der Waals surface area (Å²) in [5, 5.41) is 0. The van der Waals surface area contributed by atoms with Crippen molar-refractivity contribution in [3.05, 3.63) is 0 Å². The van der Waals surface area contributed by atoms with E-state index in [0.29, 0.717) is 0 Å². The third-order valence-corrected chi connectivity index (χ3v) is 0. The quantitative estimate of drug-likeness (QED) is 0.306. The summed E-state index contributed by atoms with van der Waals surface area (Å²) in [5.74, 6) is 0. The summed E-state index contributed by atoms with van der Waals surface area (Å²) in [6.45, 7) is 1.81. The zero-order chi connectivity index (χ0) is 2.00. The summed E-state index contributed by atoms with van der Waals surface area (Å²) < 4.78 is 0. The van der Waals surface area contributed by atoms with Crippen molar-refractivity contribution in [3.63, 3.8) is 0 Å². The Bertz CT molecular complexity index is 9.52. The zero-order valence-electron chi connectivity index (χ0n) is 6.70. The van der Waals surface area contributed by atoms with E-state index >= 15 is 0 Å². The molecular formula is CH3SiY9. The maximum Gasteiger partial charge on any atom is 0.0184 e. The molecule has 0 N–H and O–H groups in total. The van der Waals surface area contributed by atoms with Gasteiger partial charge in [0.25, 0.3) is 0 Å². The van der Waals surface area contributed by atoms with Crippen molar-refractivity contribution in [3.8, 4) is 0 Å². The van der Waals surface area contributed by atoms with Crippen LogP contribution in [0.4, 0.5) is 0 Å². The molecule has 12 radical (unpaired) electrons. The van der Waals surface area contributed by atoms with Gasteiger partial charge in [0, 0.05) is 305 Å². The largest absolute Gasteiger partial charge is 0.0759 e.